The van der Waals surface area contributed by atoms with E-state index in [1.54, 1.807) is 25.2 Å². The predicted octanol–water partition coefficient (Wildman–Crippen LogP) is 5.77. The number of benzene rings is 2. The number of carbonyl (C=O) groups excluding carboxylic acids is 1. The number of carbonyl (C=O) groups is 1. The van der Waals surface area contributed by atoms with E-state index in [-0.39, 0.29) is 21.5 Å². The van der Waals surface area contributed by atoms with E-state index in [4.69, 9.17) is 23.2 Å². The number of amides is 1. The van der Waals surface area contributed by atoms with Crippen LogP contribution in [0.4, 0.5) is 10.1 Å². The Bertz CT molecular complexity index is 1200. The second-order valence-corrected chi connectivity index (χ2v) is 11.2. The van der Waals surface area contributed by atoms with Gasteiger partial charge >= 0.3 is 0 Å². The van der Waals surface area contributed by atoms with E-state index < -0.39 is 27.8 Å². The van der Waals surface area contributed by atoms with Gasteiger partial charge in [0.15, 0.2) is 0 Å². The number of thiophene rings is 1. The summed E-state index contributed by atoms with van der Waals surface area (Å²) in [5, 5.41) is 5.33. The van der Waals surface area contributed by atoms with Crippen molar-refractivity contribution < 1.29 is 17.6 Å². The van der Waals surface area contributed by atoms with Gasteiger partial charge in [-0.15, -0.1) is 11.3 Å². The zero-order chi connectivity index (χ0) is 24.2. The number of nitrogens with one attached hydrogen (secondary N) is 1. The quantitative estimate of drug-likeness (QED) is 0.383. The molecule has 33 heavy (non-hydrogen) atoms. The van der Waals surface area contributed by atoms with Crippen LogP contribution in [0.2, 0.25) is 10.0 Å². The standard InChI is InChI=1S/C23H23Cl2FN2O3S2/c1-15(23(29)27-12-11-19-4-3-13-32-19)16(2)28(22-14-18(25)7-10-21(22)26)33(30,31)20-8-5-17(24)6-9-20/h3-10,13-16H,11-12H2,1-2H3,(H,27,29). The fourth-order valence-electron chi connectivity index (χ4n) is 3.29. The van der Waals surface area contributed by atoms with E-state index in [0.717, 1.165) is 15.2 Å². The molecule has 0 aliphatic rings. The fourth-order valence-corrected chi connectivity index (χ4v) is 6.02. The Kier molecular flexibility index (Phi) is 8.39. The van der Waals surface area contributed by atoms with Gasteiger partial charge in [-0.1, -0.05) is 36.2 Å². The highest BCUT2D eigenvalue weighted by Gasteiger charge is 2.36. The summed E-state index contributed by atoms with van der Waals surface area (Å²) in [6.45, 7) is 3.58. The average Bonchev–Trinajstić information content (AvgIpc) is 3.29. The highest BCUT2D eigenvalue weighted by atomic mass is 35.5. The van der Waals surface area contributed by atoms with Crippen molar-refractivity contribution in [2.75, 3.05) is 10.8 Å². The van der Waals surface area contributed by atoms with Crippen LogP contribution in [0, 0.1) is 11.7 Å². The summed E-state index contributed by atoms with van der Waals surface area (Å²) in [4.78, 5) is 13.9. The van der Waals surface area contributed by atoms with Gasteiger partial charge in [0.1, 0.15) is 5.82 Å². The molecule has 0 aliphatic heterocycles. The summed E-state index contributed by atoms with van der Waals surface area (Å²) in [5.74, 6) is -1.89. The predicted molar refractivity (Wildman–Crippen MR) is 132 cm³/mol. The molecular weight excluding hydrogens is 506 g/mol. The molecule has 1 aromatic heterocycles. The van der Waals surface area contributed by atoms with Gasteiger partial charge in [-0.25, -0.2) is 12.8 Å². The van der Waals surface area contributed by atoms with Gasteiger partial charge < -0.3 is 5.32 Å². The Morgan fingerprint density at radius 1 is 1.09 bits per heavy atom. The Morgan fingerprint density at radius 2 is 1.76 bits per heavy atom. The fraction of sp³-hybridized carbons (Fsp3) is 0.261. The van der Waals surface area contributed by atoms with Crippen LogP contribution in [-0.2, 0) is 21.2 Å². The molecule has 5 nitrogen and oxygen atoms in total. The van der Waals surface area contributed by atoms with E-state index in [1.165, 1.54) is 36.4 Å². The molecule has 0 aliphatic carbocycles. The maximum absolute atomic E-state index is 14.8. The largest absolute Gasteiger partial charge is 0.355 e. The second kappa shape index (κ2) is 10.9. The van der Waals surface area contributed by atoms with Crippen LogP contribution in [0.3, 0.4) is 0 Å². The molecule has 0 bridgehead atoms. The minimum atomic E-state index is -4.25. The lowest BCUT2D eigenvalue weighted by molar-refractivity contribution is -0.124. The van der Waals surface area contributed by atoms with Gasteiger partial charge in [0.05, 0.1) is 22.5 Å². The molecule has 0 saturated heterocycles. The Labute approximate surface area is 207 Å². The van der Waals surface area contributed by atoms with Crippen molar-refractivity contribution in [2.45, 2.75) is 31.2 Å². The summed E-state index contributed by atoms with van der Waals surface area (Å²) in [6.07, 6.45) is 0.667. The van der Waals surface area contributed by atoms with Crippen LogP contribution in [0.25, 0.3) is 0 Å². The first-order valence-corrected chi connectivity index (χ1v) is 13.2. The van der Waals surface area contributed by atoms with E-state index >= 15 is 0 Å². The maximum Gasteiger partial charge on any atom is 0.264 e. The number of hydrogen-bond acceptors (Lipinski definition) is 4. The first-order valence-electron chi connectivity index (χ1n) is 10.2. The topological polar surface area (TPSA) is 66.5 Å². The van der Waals surface area contributed by atoms with Gasteiger partial charge in [-0.2, -0.15) is 0 Å². The number of nitrogens with zero attached hydrogens (tertiary/aromatic N) is 1. The van der Waals surface area contributed by atoms with Gasteiger partial charge in [0, 0.05) is 21.5 Å². The Hall–Kier alpha value is -2.13. The zero-order valence-electron chi connectivity index (χ0n) is 18.0. The van der Waals surface area contributed by atoms with Gasteiger partial charge in [-0.05, 0) is 67.3 Å². The van der Waals surface area contributed by atoms with Crippen molar-refractivity contribution in [1.29, 1.82) is 0 Å². The van der Waals surface area contributed by atoms with Gasteiger partial charge in [-0.3, -0.25) is 9.10 Å². The van der Waals surface area contributed by atoms with Crippen molar-refractivity contribution in [3.63, 3.8) is 0 Å². The zero-order valence-corrected chi connectivity index (χ0v) is 21.1. The highest BCUT2D eigenvalue weighted by molar-refractivity contribution is 7.92. The lowest BCUT2D eigenvalue weighted by Crippen LogP contribution is -2.47. The number of anilines is 1. The molecule has 1 amide bonds. The average molecular weight is 529 g/mol. The van der Waals surface area contributed by atoms with Gasteiger partial charge in [0.25, 0.3) is 10.0 Å². The molecule has 0 saturated carbocycles. The third-order valence-corrected chi connectivity index (χ3v) is 8.61. The van der Waals surface area contributed by atoms with Crippen LogP contribution in [-0.4, -0.2) is 26.9 Å². The normalized spacial score (nSPS) is 13.4. The molecule has 0 radical (unpaired) electrons. The van der Waals surface area contributed by atoms with E-state index in [2.05, 4.69) is 5.32 Å². The van der Waals surface area contributed by atoms with Crippen LogP contribution >= 0.6 is 34.5 Å². The number of rotatable bonds is 9. The van der Waals surface area contributed by atoms with Crippen molar-refractivity contribution in [1.82, 2.24) is 5.32 Å². The maximum atomic E-state index is 14.8. The van der Waals surface area contributed by atoms with Crippen molar-refractivity contribution in [3.05, 3.63) is 80.7 Å². The van der Waals surface area contributed by atoms with Crippen LogP contribution in [0.1, 0.15) is 18.7 Å². The third kappa shape index (κ3) is 6.06. The van der Waals surface area contributed by atoms with Crippen molar-refractivity contribution >= 4 is 56.2 Å². The van der Waals surface area contributed by atoms with E-state index in [9.17, 15) is 17.6 Å². The van der Waals surface area contributed by atoms with Crippen molar-refractivity contribution in [2.24, 2.45) is 5.92 Å². The molecular formula is C23H23Cl2FN2O3S2. The third-order valence-electron chi connectivity index (χ3n) is 5.27. The minimum absolute atomic E-state index is 0.0802. The second-order valence-electron chi connectivity index (χ2n) is 7.50. The molecule has 1 N–H and O–H groups in total. The minimum Gasteiger partial charge on any atom is -0.355 e. The summed E-state index contributed by atoms with van der Waals surface area (Å²) < 4.78 is 42.9. The molecule has 2 atom stereocenters. The molecule has 2 aromatic carbocycles. The molecule has 1 heterocycles. The summed E-state index contributed by atoms with van der Waals surface area (Å²) in [7, 11) is -4.25. The van der Waals surface area contributed by atoms with Gasteiger partial charge in [0.2, 0.25) is 5.91 Å². The first-order chi connectivity index (χ1) is 15.6. The monoisotopic (exact) mass is 528 g/mol. The van der Waals surface area contributed by atoms with E-state index in [1.807, 2.05) is 17.5 Å². The Balaban J connectivity index is 1.91. The van der Waals surface area contributed by atoms with Crippen LogP contribution in [0.5, 0.6) is 0 Å². The Morgan fingerprint density at radius 3 is 2.39 bits per heavy atom. The molecule has 0 fully saturated rings. The smallest absolute Gasteiger partial charge is 0.264 e. The number of sulfonamides is 1. The molecule has 0 spiro atoms. The molecule has 10 heteroatoms. The highest BCUT2D eigenvalue weighted by Crippen LogP contribution is 2.33. The molecule has 3 aromatic rings. The number of halogens is 3. The summed E-state index contributed by atoms with van der Waals surface area (Å²) in [6, 6.07) is 12.2. The van der Waals surface area contributed by atoms with E-state index in [0.29, 0.717) is 18.0 Å². The lowest BCUT2D eigenvalue weighted by atomic mass is 10.0. The molecule has 176 valence electrons. The molecule has 2 unspecified atom stereocenters. The summed E-state index contributed by atoms with van der Waals surface area (Å²) in [5.41, 5.74) is -0.233. The summed E-state index contributed by atoms with van der Waals surface area (Å²) >= 11 is 13.6. The first kappa shape index (κ1) is 25.5. The number of hydrogen-bond donors (Lipinski definition) is 1. The van der Waals surface area contributed by atoms with Crippen LogP contribution < -0.4 is 9.62 Å². The molecule has 3 rings (SSSR count). The lowest BCUT2D eigenvalue weighted by Gasteiger charge is -2.34. The SMILES string of the molecule is CC(C(=O)NCCc1cccs1)C(C)N(c1cc(Cl)ccc1F)S(=O)(=O)c1ccc(Cl)cc1. The van der Waals surface area contributed by atoms with Crippen molar-refractivity contribution in [3.8, 4) is 0 Å². The van der Waals surface area contributed by atoms with Crippen LogP contribution in [0.15, 0.2) is 64.9 Å².